The number of benzene rings is 5. The first kappa shape index (κ1) is 27.8. The number of imidazole rings is 1. The van der Waals surface area contributed by atoms with Crippen LogP contribution in [-0.2, 0) is 20.1 Å². The quantitative estimate of drug-likeness (QED) is 0.131. The fourth-order valence-corrected chi connectivity index (χ4v) is 5.97. The van der Waals surface area contributed by atoms with Crippen LogP contribution in [0.15, 0.2) is 134 Å². The van der Waals surface area contributed by atoms with Crippen molar-refractivity contribution in [3.63, 3.8) is 0 Å². The van der Waals surface area contributed by atoms with Crippen LogP contribution >= 0.6 is 0 Å². The number of aromatic nitrogens is 3. The number of anilines is 3. The molecule has 0 N–H and O–H groups in total. The van der Waals surface area contributed by atoms with Crippen LogP contribution in [0.1, 0.15) is 0 Å². The molecule has 0 aliphatic carbocycles. The Labute approximate surface area is 269 Å². The van der Waals surface area contributed by atoms with E-state index in [1.807, 2.05) is 48.7 Å². The molecule has 5 nitrogen and oxygen atoms in total. The summed E-state index contributed by atoms with van der Waals surface area (Å²) in [6.45, 7) is 2.08. The topological polar surface area (TPSA) is 36.7 Å². The van der Waals surface area contributed by atoms with Gasteiger partial charge in [-0.05, 0) is 54.0 Å². The first-order valence-electron chi connectivity index (χ1n) is 14.2. The van der Waals surface area contributed by atoms with E-state index in [1.165, 1.54) is 11.4 Å². The predicted molar refractivity (Wildman–Crippen MR) is 176 cm³/mol. The van der Waals surface area contributed by atoms with Crippen molar-refractivity contribution in [1.29, 1.82) is 0 Å². The zero-order valence-corrected chi connectivity index (χ0v) is 26.2. The molecule has 44 heavy (non-hydrogen) atoms. The van der Waals surface area contributed by atoms with E-state index in [9.17, 15) is 0 Å². The molecule has 8 aromatic rings. The van der Waals surface area contributed by atoms with Crippen molar-refractivity contribution in [3.8, 4) is 11.1 Å². The van der Waals surface area contributed by atoms with Crippen LogP contribution in [0.4, 0.5) is 17.1 Å². The number of hydrogen-bond donors (Lipinski definition) is 0. The van der Waals surface area contributed by atoms with Gasteiger partial charge < -0.3 is 19.2 Å². The Kier molecular flexibility index (Phi) is 7.31. The van der Waals surface area contributed by atoms with Crippen LogP contribution in [-0.4, -0.2) is 21.4 Å². The zero-order chi connectivity index (χ0) is 28.8. The zero-order valence-electron chi connectivity index (χ0n) is 23.8. The van der Waals surface area contributed by atoms with Crippen LogP contribution in [0.3, 0.4) is 0 Å². The summed E-state index contributed by atoms with van der Waals surface area (Å²) in [6, 6.07) is 49.9. The maximum Gasteiger partial charge on any atom is 3.00 e. The second-order valence-electron chi connectivity index (χ2n) is 10.5. The summed E-state index contributed by atoms with van der Waals surface area (Å²) in [4.78, 5) is 14.0. The average molecular weight is 745 g/mol. The second-order valence-corrected chi connectivity index (χ2v) is 10.5. The summed E-state index contributed by atoms with van der Waals surface area (Å²) in [5, 5.41) is 2.08. The molecule has 4 heterocycles. The van der Waals surface area contributed by atoms with Gasteiger partial charge in [0.15, 0.2) is 0 Å². The van der Waals surface area contributed by atoms with Crippen molar-refractivity contribution in [2.45, 2.75) is 0 Å². The summed E-state index contributed by atoms with van der Waals surface area (Å²) in [6.07, 6.45) is 1.88. The summed E-state index contributed by atoms with van der Waals surface area (Å²) in [5.41, 5.74) is 10.8. The van der Waals surface area contributed by atoms with Gasteiger partial charge in [0.05, 0.1) is 11.0 Å². The summed E-state index contributed by atoms with van der Waals surface area (Å²) >= 11 is 0. The minimum Gasteiger partial charge on any atom is -0.504 e. The van der Waals surface area contributed by atoms with E-state index >= 15 is 0 Å². The average Bonchev–Trinajstić information content (AvgIpc) is 3.64. The fraction of sp³-hybridized carbons (Fsp3) is 0.0263. The van der Waals surface area contributed by atoms with Gasteiger partial charge in [-0.1, -0.05) is 54.6 Å². The largest absolute Gasteiger partial charge is 3.00 e. The SMILES string of the molecule is CN1[CH-]N(c2[c-]cccc2)c2ccccc21.[Ir+3].[c-]1cccc2c1c1nccc(-c3ccccc3)c1c1nc3ccccc3n21. The van der Waals surface area contributed by atoms with Crippen LogP contribution in [0.5, 0.6) is 0 Å². The second kappa shape index (κ2) is 11.6. The van der Waals surface area contributed by atoms with E-state index in [0.29, 0.717) is 0 Å². The molecule has 1 aliphatic rings. The molecular formula is C38H26IrN5. The van der Waals surface area contributed by atoms with E-state index in [1.54, 1.807) is 0 Å². The molecule has 0 radical (unpaired) electrons. The Morgan fingerprint density at radius 3 is 2.25 bits per heavy atom. The minimum atomic E-state index is 0. The number of hydrogen-bond acceptors (Lipinski definition) is 4. The molecule has 0 atom stereocenters. The van der Waals surface area contributed by atoms with Crippen molar-refractivity contribution in [2.24, 2.45) is 0 Å². The molecule has 9 rings (SSSR count). The van der Waals surface area contributed by atoms with Crippen LogP contribution in [0, 0.1) is 18.8 Å². The van der Waals surface area contributed by atoms with Gasteiger partial charge in [-0.2, -0.15) is 37.0 Å². The summed E-state index contributed by atoms with van der Waals surface area (Å²) in [7, 11) is 2.06. The van der Waals surface area contributed by atoms with E-state index in [-0.39, 0.29) is 20.1 Å². The number of pyridine rings is 2. The fourth-order valence-electron chi connectivity index (χ4n) is 5.97. The van der Waals surface area contributed by atoms with Crippen molar-refractivity contribution >= 4 is 55.5 Å². The molecule has 0 unspecified atom stereocenters. The first-order valence-corrected chi connectivity index (χ1v) is 14.2. The molecule has 1 aliphatic heterocycles. The van der Waals surface area contributed by atoms with Crippen molar-refractivity contribution in [1.82, 2.24) is 14.4 Å². The normalized spacial score (nSPS) is 12.3. The van der Waals surface area contributed by atoms with Crippen LogP contribution < -0.4 is 9.80 Å². The Morgan fingerprint density at radius 1 is 0.682 bits per heavy atom. The third kappa shape index (κ3) is 4.60. The van der Waals surface area contributed by atoms with Crippen molar-refractivity contribution in [2.75, 3.05) is 16.8 Å². The molecule has 0 saturated heterocycles. The van der Waals surface area contributed by atoms with Gasteiger partial charge in [-0.3, -0.25) is 0 Å². The molecule has 0 amide bonds. The van der Waals surface area contributed by atoms with Gasteiger partial charge in [-0.15, -0.1) is 35.3 Å². The predicted octanol–water partition coefficient (Wildman–Crippen LogP) is 8.85. The van der Waals surface area contributed by atoms with Crippen molar-refractivity contribution in [3.05, 3.63) is 152 Å². The minimum absolute atomic E-state index is 0. The van der Waals surface area contributed by atoms with E-state index in [0.717, 1.165) is 55.3 Å². The van der Waals surface area contributed by atoms with Crippen LogP contribution in [0.2, 0.25) is 0 Å². The number of fused-ring (bicyclic) bond motifs is 9. The summed E-state index contributed by atoms with van der Waals surface area (Å²) in [5.74, 6) is 0. The third-order valence-corrected chi connectivity index (χ3v) is 7.89. The maximum absolute atomic E-state index is 4.99. The first-order chi connectivity index (χ1) is 21.3. The standard InChI is InChI=1S/C24H14N3.C14H12N2.Ir/c1-2-8-16(9-3-1)17-14-15-25-23-18-10-4-6-12-20(18)27-21-13-7-5-11-19(21)26-24(27)22(17)23;1-15-11-16(12-7-3-2-4-8-12)14-10-6-5-9-13(14)15;/h1-9,11-15H;2-7,9-11H,1H3;/q-1;-2;+3. The van der Waals surface area contributed by atoms with Gasteiger partial charge >= 0.3 is 20.1 Å². The molecule has 6 heteroatoms. The maximum atomic E-state index is 4.99. The Balaban J connectivity index is 0.000000158. The number of nitrogens with zero attached hydrogens (tertiary/aromatic N) is 5. The van der Waals surface area contributed by atoms with E-state index in [4.69, 9.17) is 9.97 Å². The molecule has 5 aromatic carbocycles. The number of para-hydroxylation sites is 5. The Hall–Kier alpha value is -5.03. The van der Waals surface area contributed by atoms with Gasteiger partial charge in [-0.25, -0.2) is 4.98 Å². The molecule has 0 spiro atoms. The van der Waals surface area contributed by atoms with Gasteiger partial charge in [0.1, 0.15) is 5.65 Å². The van der Waals surface area contributed by atoms with Crippen LogP contribution in [0.25, 0.3) is 49.6 Å². The van der Waals surface area contributed by atoms with E-state index in [2.05, 4.69) is 125 Å². The van der Waals surface area contributed by atoms with Gasteiger partial charge in [0, 0.05) is 28.5 Å². The Bertz CT molecular complexity index is 2250. The van der Waals surface area contributed by atoms with Gasteiger partial charge in [0.25, 0.3) is 0 Å². The monoisotopic (exact) mass is 745 g/mol. The number of rotatable bonds is 2. The summed E-state index contributed by atoms with van der Waals surface area (Å²) < 4.78 is 2.23. The van der Waals surface area contributed by atoms with E-state index < -0.39 is 0 Å². The van der Waals surface area contributed by atoms with Gasteiger partial charge in [0.2, 0.25) is 0 Å². The molecule has 3 aromatic heterocycles. The molecular weight excluding hydrogens is 719 g/mol. The Morgan fingerprint density at radius 2 is 1.41 bits per heavy atom. The molecule has 212 valence electrons. The molecule has 0 saturated carbocycles. The van der Waals surface area contributed by atoms with Crippen molar-refractivity contribution < 1.29 is 20.1 Å². The molecule has 0 bridgehead atoms. The third-order valence-electron chi connectivity index (χ3n) is 7.89. The molecule has 0 fully saturated rings. The smallest absolute Gasteiger partial charge is 0.504 e.